The van der Waals surface area contributed by atoms with Gasteiger partial charge in [-0.2, -0.15) is 0 Å². The van der Waals surface area contributed by atoms with E-state index in [0.717, 1.165) is 10.1 Å². The monoisotopic (exact) mass is 208 g/mol. The van der Waals surface area contributed by atoms with Gasteiger partial charge in [-0.3, -0.25) is 0 Å². The molecular formula is C12H13FS. The number of hydrogen-bond acceptors (Lipinski definition) is 1. The minimum atomic E-state index is -0.101. The summed E-state index contributed by atoms with van der Waals surface area (Å²) in [5, 5.41) is 2.32. The van der Waals surface area contributed by atoms with Crippen LogP contribution in [0.15, 0.2) is 23.6 Å². The molecule has 0 spiro atoms. The first kappa shape index (κ1) is 9.66. The van der Waals surface area contributed by atoms with E-state index in [0.29, 0.717) is 0 Å². The van der Waals surface area contributed by atoms with Crippen molar-refractivity contribution in [2.24, 2.45) is 0 Å². The Kier molecular flexibility index (Phi) is 2.11. The normalized spacial score (nSPS) is 12.3. The molecule has 2 rings (SSSR count). The predicted octanol–water partition coefficient (Wildman–Crippen LogP) is 4.34. The van der Waals surface area contributed by atoms with Gasteiger partial charge < -0.3 is 0 Å². The van der Waals surface area contributed by atoms with Gasteiger partial charge in [-0.15, -0.1) is 11.3 Å². The van der Waals surface area contributed by atoms with Crippen LogP contribution in [0.5, 0.6) is 0 Å². The van der Waals surface area contributed by atoms with Crippen molar-refractivity contribution in [1.82, 2.24) is 0 Å². The molecule has 1 aromatic carbocycles. The topological polar surface area (TPSA) is 0 Å². The lowest BCUT2D eigenvalue weighted by Gasteiger charge is -2.18. The molecule has 0 atom stereocenters. The van der Waals surface area contributed by atoms with Gasteiger partial charge in [0.1, 0.15) is 5.82 Å². The first-order valence-corrected chi connectivity index (χ1v) is 5.54. The van der Waals surface area contributed by atoms with Crippen molar-refractivity contribution in [1.29, 1.82) is 0 Å². The largest absolute Gasteiger partial charge is 0.205 e. The molecule has 14 heavy (non-hydrogen) atoms. The summed E-state index contributed by atoms with van der Waals surface area (Å²) in [5.74, 6) is -0.101. The van der Waals surface area contributed by atoms with Crippen molar-refractivity contribution in [3.8, 4) is 0 Å². The summed E-state index contributed by atoms with van der Waals surface area (Å²) < 4.78 is 14.3. The second-order valence-corrected chi connectivity index (χ2v) is 5.46. The van der Waals surface area contributed by atoms with Crippen LogP contribution in [-0.2, 0) is 5.41 Å². The van der Waals surface area contributed by atoms with Crippen molar-refractivity contribution < 1.29 is 4.39 Å². The first-order valence-electron chi connectivity index (χ1n) is 4.66. The number of fused-ring (bicyclic) bond motifs is 1. The van der Waals surface area contributed by atoms with Crippen LogP contribution in [0.4, 0.5) is 4.39 Å². The Bertz CT molecular complexity index is 463. The molecule has 2 aromatic rings. The second-order valence-electron chi connectivity index (χ2n) is 4.54. The van der Waals surface area contributed by atoms with Crippen molar-refractivity contribution in [2.45, 2.75) is 26.2 Å². The fourth-order valence-corrected chi connectivity index (χ4v) is 2.25. The van der Waals surface area contributed by atoms with E-state index >= 15 is 0 Å². The molecule has 1 aromatic heterocycles. The van der Waals surface area contributed by atoms with E-state index in [4.69, 9.17) is 0 Å². The van der Waals surface area contributed by atoms with E-state index in [1.165, 1.54) is 16.9 Å². The fraction of sp³-hybridized carbons (Fsp3) is 0.333. The predicted molar refractivity (Wildman–Crippen MR) is 60.5 cm³/mol. The molecule has 0 N–H and O–H groups in total. The molecule has 0 saturated carbocycles. The van der Waals surface area contributed by atoms with Crippen LogP contribution in [0, 0.1) is 5.82 Å². The molecule has 1 heterocycles. The van der Waals surface area contributed by atoms with Gasteiger partial charge in [-0.25, -0.2) is 4.39 Å². The molecule has 0 bridgehead atoms. The van der Waals surface area contributed by atoms with Crippen molar-refractivity contribution >= 4 is 21.4 Å². The highest BCUT2D eigenvalue weighted by molar-refractivity contribution is 7.17. The molecule has 0 aliphatic carbocycles. The van der Waals surface area contributed by atoms with Crippen LogP contribution in [0.3, 0.4) is 0 Å². The van der Waals surface area contributed by atoms with Crippen LogP contribution in [0.25, 0.3) is 10.1 Å². The average molecular weight is 208 g/mol. The fourth-order valence-electron chi connectivity index (χ4n) is 1.46. The summed E-state index contributed by atoms with van der Waals surface area (Å²) in [6.45, 7) is 6.41. The Hall–Kier alpha value is -0.890. The van der Waals surface area contributed by atoms with Gasteiger partial charge in [-0.05, 0) is 23.1 Å². The smallest absolute Gasteiger partial charge is 0.141 e. The van der Waals surface area contributed by atoms with Gasteiger partial charge >= 0.3 is 0 Å². The summed E-state index contributed by atoms with van der Waals surface area (Å²) in [5.41, 5.74) is 1.27. The lowest BCUT2D eigenvalue weighted by Crippen LogP contribution is -2.10. The molecule has 0 saturated heterocycles. The van der Waals surface area contributed by atoms with E-state index in [1.807, 2.05) is 12.1 Å². The molecule has 74 valence electrons. The van der Waals surface area contributed by atoms with Crippen LogP contribution in [0.1, 0.15) is 26.3 Å². The molecule has 0 aliphatic rings. The average Bonchev–Trinajstić information content (AvgIpc) is 2.46. The zero-order valence-electron chi connectivity index (χ0n) is 8.60. The highest BCUT2D eigenvalue weighted by Gasteiger charge is 2.15. The number of hydrogen-bond donors (Lipinski definition) is 0. The lowest BCUT2D eigenvalue weighted by atomic mass is 9.87. The molecule has 0 nitrogen and oxygen atoms in total. The number of rotatable bonds is 0. The highest BCUT2D eigenvalue weighted by atomic mass is 32.1. The Labute approximate surface area is 87.4 Å². The van der Waals surface area contributed by atoms with Crippen LogP contribution < -0.4 is 0 Å². The first-order chi connectivity index (χ1) is 6.48. The molecule has 0 unspecified atom stereocenters. The standard InChI is InChI=1S/C12H13FS/c1-12(2,3)8-4-5-11-9(6-8)10(13)7-14-11/h4-7H,1-3H3. The third-order valence-corrected chi connectivity index (χ3v) is 3.33. The third kappa shape index (κ3) is 1.55. The molecule has 2 heteroatoms. The molecule has 0 radical (unpaired) electrons. The van der Waals surface area contributed by atoms with Gasteiger partial charge in [-0.1, -0.05) is 26.8 Å². The SMILES string of the molecule is CC(C)(C)c1ccc2scc(F)c2c1. The summed E-state index contributed by atoms with van der Waals surface area (Å²) in [6.07, 6.45) is 0. The van der Waals surface area contributed by atoms with Crippen molar-refractivity contribution in [2.75, 3.05) is 0 Å². The van der Waals surface area contributed by atoms with Crippen LogP contribution in [-0.4, -0.2) is 0 Å². The lowest BCUT2D eigenvalue weighted by molar-refractivity contribution is 0.590. The minimum absolute atomic E-state index is 0.0859. The summed E-state index contributed by atoms with van der Waals surface area (Å²) >= 11 is 1.46. The van der Waals surface area contributed by atoms with Gasteiger partial charge in [0.2, 0.25) is 0 Å². The van der Waals surface area contributed by atoms with Gasteiger partial charge in [0.25, 0.3) is 0 Å². The Morgan fingerprint density at radius 2 is 1.93 bits per heavy atom. The van der Waals surface area contributed by atoms with Crippen molar-refractivity contribution in [3.05, 3.63) is 35.0 Å². The highest BCUT2D eigenvalue weighted by Crippen LogP contribution is 2.30. The van der Waals surface area contributed by atoms with E-state index in [1.54, 1.807) is 5.38 Å². The second kappa shape index (κ2) is 3.06. The van der Waals surface area contributed by atoms with E-state index < -0.39 is 0 Å². The molecule has 0 amide bonds. The Balaban J connectivity index is 2.66. The maximum atomic E-state index is 13.3. The Morgan fingerprint density at radius 1 is 1.21 bits per heavy atom. The molecule has 0 fully saturated rings. The summed E-state index contributed by atoms with van der Waals surface area (Å²) in [6, 6.07) is 6.04. The van der Waals surface area contributed by atoms with Crippen molar-refractivity contribution in [3.63, 3.8) is 0 Å². The van der Waals surface area contributed by atoms with E-state index in [9.17, 15) is 4.39 Å². The van der Waals surface area contributed by atoms with Gasteiger partial charge in [0, 0.05) is 15.5 Å². The number of benzene rings is 1. The molecule has 0 aliphatic heterocycles. The van der Waals surface area contributed by atoms with Crippen LogP contribution >= 0.6 is 11.3 Å². The zero-order valence-corrected chi connectivity index (χ0v) is 9.41. The number of halogens is 1. The van der Waals surface area contributed by atoms with Crippen LogP contribution in [0.2, 0.25) is 0 Å². The quantitative estimate of drug-likeness (QED) is 0.604. The summed E-state index contributed by atoms with van der Waals surface area (Å²) in [7, 11) is 0. The summed E-state index contributed by atoms with van der Waals surface area (Å²) in [4.78, 5) is 0. The maximum Gasteiger partial charge on any atom is 0.141 e. The number of thiophene rings is 1. The van der Waals surface area contributed by atoms with Gasteiger partial charge in [0.15, 0.2) is 0 Å². The minimum Gasteiger partial charge on any atom is -0.205 e. The van der Waals surface area contributed by atoms with E-state index in [2.05, 4.69) is 26.8 Å². The zero-order chi connectivity index (χ0) is 10.3. The Morgan fingerprint density at radius 3 is 2.57 bits per heavy atom. The maximum absolute atomic E-state index is 13.3. The molecular weight excluding hydrogens is 195 g/mol. The van der Waals surface area contributed by atoms with E-state index in [-0.39, 0.29) is 11.2 Å². The van der Waals surface area contributed by atoms with Gasteiger partial charge in [0.05, 0.1) is 0 Å². The third-order valence-electron chi connectivity index (χ3n) is 2.39.